The molecule has 1 heterocycles. The molecule has 0 fully saturated rings. The van der Waals surface area contributed by atoms with Crippen LogP contribution in [0, 0.1) is 11.3 Å². The maximum atomic E-state index is 12.0. The molecule has 2 rings (SSSR count). The van der Waals surface area contributed by atoms with Crippen molar-refractivity contribution < 1.29 is 9.21 Å². The van der Waals surface area contributed by atoms with Gasteiger partial charge in [-0.05, 0) is 19.9 Å². The van der Waals surface area contributed by atoms with Gasteiger partial charge in [0.1, 0.15) is 17.4 Å². The highest BCUT2D eigenvalue weighted by molar-refractivity contribution is 6.06. The van der Waals surface area contributed by atoms with Gasteiger partial charge in [-0.2, -0.15) is 5.26 Å². The third kappa shape index (κ3) is 2.13. The molecule has 0 radical (unpaired) electrons. The Morgan fingerprint density at radius 2 is 2.12 bits per heavy atom. The highest BCUT2D eigenvalue weighted by Gasteiger charge is 2.22. The maximum absolute atomic E-state index is 12.0. The number of furan rings is 1. The van der Waals surface area contributed by atoms with Gasteiger partial charge in [0.25, 0.3) is 5.91 Å². The van der Waals surface area contributed by atoms with Gasteiger partial charge in [0.05, 0.1) is 11.6 Å². The summed E-state index contributed by atoms with van der Waals surface area (Å²) < 4.78 is 5.27. The van der Waals surface area contributed by atoms with Crippen LogP contribution in [0.5, 0.6) is 0 Å². The molecule has 86 valence electrons. The van der Waals surface area contributed by atoms with E-state index in [0.717, 1.165) is 5.39 Å². The van der Waals surface area contributed by atoms with E-state index < -0.39 is 5.54 Å². The van der Waals surface area contributed by atoms with Crippen LogP contribution in [0.25, 0.3) is 11.0 Å². The summed E-state index contributed by atoms with van der Waals surface area (Å²) in [5, 5.41) is 12.3. The van der Waals surface area contributed by atoms with Crippen molar-refractivity contribution >= 4 is 16.9 Å². The second kappa shape index (κ2) is 3.95. The van der Waals surface area contributed by atoms with Crippen LogP contribution in [0.1, 0.15) is 24.2 Å². The van der Waals surface area contributed by atoms with Gasteiger partial charge in [-0.25, -0.2) is 0 Å². The number of carbonyl (C=O) groups excluding carboxylic acids is 1. The fourth-order valence-electron chi connectivity index (χ4n) is 1.53. The van der Waals surface area contributed by atoms with Crippen LogP contribution >= 0.6 is 0 Å². The number of nitriles is 1. The third-order valence-corrected chi connectivity index (χ3v) is 2.43. The Labute approximate surface area is 98.8 Å². The van der Waals surface area contributed by atoms with Crippen LogP contribution in [-0.2, 0) is 0 Å². The van der Waals surface area contributed by atoms with Gasteiger partial charge in [-0.1, -0.05) is 18.2 Å². The third-order valence-electron chi connectivity index (χ3n) is 2.43. The highest BCUT2D eigenvalue weighted by Crippen LogP contribution is 2.21. The Kier molecular flexibility index (Phi) is 2.60. The zero-order valence-corrected chi connectivity index (χ0v) is 9.65. The number of fused-ring (bicyclic) bond motifs is 1. The Morgan fingerprint density at radius 3 is 2.82 bits per heavy atom. The number of carbonyl (C=O) groups is 1. The summed E-state index contributed by atoms with van der Waals surface area (Å²) >= 11 is 0. The largest absolute Gasteiger partial charge is 0.463 e. The highest BCUT2D eigenvalue weighted by atomic mass is 16.3. The van der Waals surface area contributed by atoms with Crippen molar-refractivity contribution in [2.75, 3.05) is 0 Å². The van der Waals surface area contributed by atoms with Crippen molar-refractivity contribution in [3.05, 3.63) is 36.1 Å². The van der Waals surface area contributed by atoms with E-state index in [9.17, 15) is 4.79 Å². The maximum Gasteiger partial charge on any atom is 0.256 e. The first kappa shape index (κ1) is 11.2. The first-order valence-electron chi connectivity index (χ1n) is 5.23. The minimum absolute atomic E-state index is 0.304. The van der Waals surface area contributed by atoms with E-state index in [1.807, 2.05) is 24.3 Å². The van der Waals surface area contributed by atoms with Crippen molar-refractivity contribution in [1.82, 2.24) is 5.32 Å². The lowest BCUT2D eigenvalue weighted by molar-refractivity contribution is 0.0930. The Balaban J connectivity index is 2.35. The second-order valence-electron chi connectivity index (χ2n) is 4.34. The normalized spacial score (nSPS) is 11.1. The molecule has 0 saturated carbocycles. The predicted molar refractivity (Wildman–Crippen MR) is 63.4 cm³/mol. The van der Waals surface area contributed by atoms with E-state index >= 15 is 0 Å². The fourth-order valence-corrected chi connectivity index (χ4v) is 1.53. The van der Waals surface area contributed by atoms with E-state index in [2.05, 4.69) is 5.32 Å². The van der Waals surface area contributed by atoms with E-state index in [-0.39, 0.29) is 5.91 Å². The fraction of sp³-hybridized carbons (Fsp3) is 0.231. The molecule has 0 saturated heterocycles. The molecule has 0 spiro atoms. The summed E-state index contributed by atoms with van der Waals surface area (Å²) in [6, 6.07) is 9.30. The van der Waals surface area contributed by atoms with Gasteiger partial charge in [-0.3, -0.25) is 4.79 Å². The van der Waals surface area contributed by atoms with Gasteiger partial charge in [-0.15, -0.1) is 0 Å². The molecule has 1 aromatic carbocycles. The van der Waals surface area contributed by atoms with Gasteiger partial charge < -0.3 is 9.73 Å². The molecule has 1 aromatic heterocycles. The second-order valence-corrected chi connectivity index (χ2v) is 4.34. The van der Waals surface area contributed by atoms with Crippen LogP contribution in [-0.4, -0.2) is 11.4 Å². The van der Waals surface area contributed by atoms with Crippen LogP contribution in [0.15, 0.2) is 34.9 Å². The van der Waals surface area contributed by atoms with Crippen molar-refractivity contribution in [3.63, 3.8) is 0 Å². The summed E-state index contributed by atoms with van der Waals surface area (Å²) in [7, 11) is 0. The lowest BCUT2D eigenvalue weighted by Crippen LogP contribution is -2.41. The number of hydrogen-bond donors (Lipinski definition) is 1. The van der Waals surface area contributed by atoms with E-state index in [1.54, 1.807) is 19.9 Å². The summed E-state index contributed by atoms with van der Waals surface area (Å²) in [5.74, 6) is -0.304. The Morgan fingerprint density at radius 1 is 1.41 bits per heavy atom. The number of rotatable bonds is 2. The van der Waals surface area contributed by atoms with Crippen molar-refractivity contribution in [2.24, 2.45) is 0 Å². The molecule has 0 bridgehead atoms. The van der Waals surface area contributed by atoms with Crippen LogP contribution in [0.4, 0.5) is 0 Å². The Bertz CT molecular complexity index is 605. The smallest absolute Gasteiger partial charge is 0.256 e. The van der Waals surface area contributed by atoms with Crippen molar-refractivity contribution in [2.45, 2.75) is 19.4 Å². The zero-order chi connectivity index (χ0) is 12.5. The number of nitrogens with one attached hydrogen (secondary N) is 1. The summed E-state index contributed by atoms with van der Waals surface area (Å²) in [6.45, 7) is 3.29. The minimum Gasteiger partial charge on any atom is -0.463 e. The summed E-state index contributed by atoms with van der Waals surface area (Å²) in [4.78, 5) is 12.0. The van der Waals surface area contributed by atoms with Crippen LogP contribution < -0.4 is 5.32 Å². The molecule has 2 aromatic rings. The van der Waals surface area contributed by atoms with Gasteiger partial charge in [0, 0.05) is 5.39 Å². The SMILES string of the molecule is CC(C)(C#N)NC(=O)c1coc2ccccc12. The quantitative estimate of drug-likeness (QED) is 0.858. The molecule has 4 nitrogen and oxygen atoms in total. The monoisotopic (exact) mass is 228 g/mol. The zero-order valence-electron chi connectivity index (χ0n) is 9.65. The number of hydrogen-bond acceptors (Lipinski definition) is 3. The van der Waals surface area contributed by atoms with Gasteiger partial charge >= 0.3 is 0 Å². The lowest BCUT2D eigenvalue weighted by Gasteiger charge is -2.16. The molecule has 0 aliphatic heterocycles. The summed E-state index contributed by atoms with van der Waals surface area (Å²) in [6.07, 6.45) is 1.41. The number of para-hydroxylation sites is 1. The molecule has 0 atom stereocenters. The Hall–Kier alpha value is -2.28. The molecule has 0 aliphatic carbocycles. The molecule has 17 heavy (non-hydrogen) atoms. The first-order valence-corrected chi connectivity index (χ1v) is 5.23. The molecular weight excluding hydrogens is 216 g/mol. The molecule has 0 aliphatic rings. The van der Waals surface area contributed by atoms with E-state index in [0.29, 0.717) is 11.1 Å². The number of nitrogens with zero attached hydrogens (tertiary/aromatic N) is 1. The predicted octanol–water partition coefficient (Wildman–Crippen LogP) is 2.46. The van der Waals surface area contributed by atoms with Crippen LogP contribution in [0.2, 0.25) is 0 Å². The lowest BCUT2D eigenvalue weighted by atomic mass is 10.1. The van der Waals surface area contributed by atoms with E-state index in [4.69, 9.17) is 9.68 Å². The minimum atomic E-state index is -0.893. The average molecular weight is 228 g/mol. The molecule has 1 amide bonds. The molecule has 4 heteroatoms. The van der Waals surface area contributed by atoms with Gasteiger partial charge in [0.15, 0.2) is 0 Å². The average Bonchev–Trinajstić information content (AvgIpc) is 2.72. The topological polar surface area (TPSA) is 66.0 Å². The van der Waals surface area contributed by atoms with Crippen LogP contribution in [0.3, 0.4) is 0 Å². The molecule has 1 N–H and O–H groups in total. The first-order chi connectivity index (χ1) is 8.03. The number of benzene rings is 1. The molecule has 0 unspecified atom stereocenters. The molecular formula is C13H12N2O2. The summed E-state index contributed by atoms with van der Waals surface area (Å²) in [5.41, 5.74) is 0.214. The standard InChI is InChI=1S/C13H12N2O2/c1-13(2,8-14)15-12(16)10-7-17-11-6-4-3-5-9(10)11/h3-7H,1-2H3,(H,15,16). The number of amides is 1. The van der Waals surface area contributed by atoms with Crippen molar-refractivity contribution in [3.8, 4) is 6.07 Å². The van der Waals surface area contributed by atoms with Gasteiger partial charge in [0.2, 0.25) is 0 Å². The van der Waals surface area contributed by atoms with E-state index in [1.165, 1.54) is 6.26 Å². The van der Waals surface area contributed by atoms with Crippen molar-refractivity contribution in [1.29, 1.82) is 5.26 Å².